The van der Waals surface area contributed by atoms with Gasteiger partial charge in [0.1, 0.15) is 11.6 Å². The number of hydrogen-bond acceptors (Lipinski definition) is 3. The van der Waals surface area contributed by atoms with Gasteiger partial charge in [-0.2, -0.15) is 0 Å². The molecule has 0 saturated heterocycles. The second-order valence-corrected chi connectivity index (χ2v) is 7.98. The number of carbonyl (C=O) groups is 1. The molecule has 0 unspecified atom stereocenters. The Morgan fingerprint density at radius 3 is 2.59 bits per heavy atom. The number of nitrogens with zero attached hydrogens (tertiary/aromatic N) is 2. The number of para-hydroxylation sites is 1. The van der Waals surface area contributed by atoms with E-state index < -0.39 is 0 Å². The van der Waals surface area contributed by atoms with Crippen LogP contribution < -0.4 is 0 Å². The zero-order chi connectivity index (χ0) is 19.1. The Morgan fingerprint density at radius 2 is 1.89 bits per heavy atom. The van der Waals surface area contributed by atoms with E-state index in [4.69, 9.17) is 4.99 Å². The van der Waals surface area contributed by atoms with E-state index in [1.807, 2.05) is 12.1 Å². The highest BCUT2D eigenvalue weighted by atomic mass is 16.3. The molecule has 0 aliphatic heterocycles. The quantitative estimate of drug-likeness (QED) is 0.414. The van der Waals surface area contributed by atoms with Gasteiger partial charge in [0.05, 0.1) is 5.56 Å². The first-order chi connectivity index (χ1) is 13.2. The van der Waals surface area contributed by atoms with Gasteiger partial charge in [-0.05, 0) is 57.1 Å². The van der Waals surface area contributed by atoms with Crippen LogP contribution in [-0.4, -0.2) is 28.8 Å². The average Bonchev–Trinajstić information content (AvgIpc) is 2.70. The number of aliphatic imine (C=N–C) groups is 1. The molecule has 1 saturated carbocycles. The van der Waals surface area contributed by atoms with Crippen LogP contribution >= 0.6 is 0 Å². The standard InChI is InChI=1S/C23H32N2O2/c1-18-9-5-7-13-21(18)24-23(20-12-6-8-14-22(20)27)25(17-26)16-15-19-10-3-2-4-11-19/h6,8,12,14,17,19,27H,2-5,7,9-11,13,15-16H2,1H3. The summed E-state index contributed by atoms with van der Waals surface area (Å²) in [5.41, 5.74) is 3.01. The molecule has 3 rings (SSSR count). The molecule has 0 spiro atoms. The van der Waals surface area contributed by atoms with Crippen LogP contribution in [0.5, 0.6) is 5.75 Å². The van der Waals surface area contributed by atoms with E-state index in [0.717, 1.165) is 37.8 Å². The number of allylic oxidation sites excluding steroid dienone is 2. The number of phenols is 1. The van der Waals surface area contributed by atoms with E-state index in [1.165, 1.54) is 44.1 Å². The molecular formula is C23H32N2O2. The Kier molecular flexibility index (Phi) is 7.08. The molecular weight excluding hydrogens is 336 g/mol. The summed E-state index contributed by atoms with van der Waals surface area (Å²) in [4.78, 5) is 18.6. The Labute approximate surface area is 163 Å². The Balaban J connectivity index is 1.87. The number of rotatable bonds is 6. The van der Waals surface area contributed by atoms with Crippen molar-refractivity contribution in [2.24, 2.45) is 10.9 Å². The first-order valence-corrected chi connectivity index (χ1v) is 10.5. The third-order valence-corrected chi connectivity index (χ3v) is 6.00. The van der Waals surface area contributed by atoms with Crippen LogP contribution in [-0.2, 0) is 4.79 Å². The lowest BCUT2D eigenvalue weighted by Gasteiger charge is -2.26. The average molecular weight is 369 g/mol. The summed E-state index contributed by atoms with van der Waals surface area (Å²) >= 11 is 0. The van der Waals surface area contributed by atoms with Gasteiger partial charge >= 0.3 is 0 Å². The van der Waals surface area contributed by atoms with Crippen molar-refractivity contribution < 1.29 is 9.90 Å². The summed E-state index contributed by atoms with van der Waals surface area (Å²) in [6.07, 6.45) is 12.7. The lowest BCUT2D eigenvalue weighted by molar-refractivity contribution is -0.115. The van der Waals surface area contributed by atoms with E-state index in [0.29, 0.717) is 23.9 Å². The zero-order valence-corrected chi connectivity index (χ0v) is 16.5. The number of aromatic hydroxyl groups is 1. The molecule has 1 aromatic carbocycles. The van der Waals surface area contributed by atoms with Gasteiger partial charge in [-0.3, -0.25) is 9.69 Å². The van der Waals surface area contributed by atoms with Crippen LogP contribution in [0.2, 0.25) is 0 Å². The highest BCUT2D eigenvalue weighted by molar-refractivity contribution is 6.06. The molecule has 146 valence electrons. The van der Waals surface area contributed by atoms with E-state index >= 15 is 0 Å². The molecule has 0 heterocycles. The lowest BCUT2D eigenvalue weighted by Crippen LogP contribution is -2.33. The van der Waals surface area contributed by atoms with E-state index in [1.54, 1.807) is 17.0 Å². The Bertz CT molecular complexity index is 702. The molecule has 2 aliphatic rings. The van der Waals surface area contributed by atoms with Crippen molar-refractivity contribution in [1.29, 1.82) is 0 Å². The zero-order valence-electron chi connectivity index (χ0n) is 16.5. The fourth-order valence-corrected chi connectivity index (χ4v) is 4.27. The van der Waals surface area contributed by atoms with Gasteiger partial charge in [0, 0.05) is 12.2 Å². The molecule has 0 bridgehead atoms. The molecule has 1 N–H and O–H groups in total. The predicted molar refractivity (Wildman–Crippen MR) is 110 cm³/mol. The topological polar surface area (TPSA) is 52.9 Å². The molecule has 0 atom stereocenters. The number of amides is 1. The third kappa shape index (κ3) is 5.21. The minimum Gasteiger partial charge on any atom is -0.507 e. The SMILES string of the molecule is CC1=C(N=C(c2ccccc2O)N(C=O)CCC2CCCCC2)CCCC1. The highest BCUT2D eigenvalue weighted by Crippen LogP contribution is 2.29. The van der Waals surface area contributed by atoms with Crippen molar-refractivity contribution >= 4 is 12.2 Å². The van der Waals surface area contributed by atoms with Crippen molar-refractivity contribution in [3.05, 3.63) is 41.1 Å². The first-order valence-electron chi connectivity index (χ1n) is 10.5. The van der Waals surface area contributed by atoms with Crippen LogP contribution in [0.15, 0.2) is 40.5 Å². The lowest BCUT2D eigenvalue weighted by atomic mass is 9.87. The molecule has 27 heavy (non-hydrogen) atoms. The van der Waals surface area contributed by atoms with Crippen LogP contribution in [0.3, 0.4) is 0 Å². The second kappa shape index (κ2) is 9.72. The number of hydrogen-bond donors (Lipinski definition) is 1. The predicted octanol–water partition coefficient (Wildman–Crippen LogP) is 5.42. The molecule has 1 amide bonds. The van der Waals surface area contributed by atoms with Crippen molar-refractivity contribution in [1.82, 2.24) is 4.90 Å². The molecule has 0 radical (unpaired) electrons. The highest BCUT2D eigenvalue weighted by Gasteiger charge is 2.21. The summed E-state index contributed by atoms with van der Waals surface area (Å²) in [5.74, 6) is 1.47. The monoisotopic (exact) mass is 368 g/mol. The van der Waals surface area contributed by atoms with Gasteiger partial charge < -0.3 is 5.11 Å². The van der Waals surface area contributed by atoms with Crippen LogP contribution in [0.1, 0.15) is 76.7 Å². The van der Waals surface area contributed by atoms with Gasteiger partial charge in [-0.25, -0.2) is 4.99 Å². The molecule has 0 aromatic heterocycles. The van der Waals surface area contributed by atoms with Crippen molar-refractivity contribution in [3.63, 3.8) is 0 Å². The maximum atomic E-state index is 12.0. The number of amidine groups is 1. The van der Waals surface area contributed by atoms with E-state index in [-0.39, 0.29) is 5.75 Å². The van der Waals surface area contributed by atoms with E-state index in [9.17, 15) is 9.90 Å². The molecule has 4 heteroatoms. The minimum absolute atomic E-state index is 0.176. The Hall–Kier alpha value is -2.10. The second-order valence-electron chi connectivity index (χ2n) is 7.98. The normalized spacial score (nSPS) is 19.2. The molecule has 1 aromatic rings. The molecule has 2 aliphatic carbocycles. The fourth-order valence-electron chi connectivity index (χ4n) is 4.27. The van der Waals surface area contributed by atoms with Crippen molar-refractivity contribution in [2.45, 2.75) is 71.1 Å². The largest absolute Gasteiger partial charge is 0.507 e. The van der Waals surface area contributed by atoms with Crippen molar-refractivity contribution in [2.75, 3.05) is 6.54 Å². The third-order valence-electron chi connectivity index (χ3n) is 6.00. The van der Waals surface area contributed by atoms with Crippen molar-refractivity contribution in [3.8, 4) is 5.75 Å². The van der Waals surface area contributed by atoms with Gasteiger partial charge in [0.25, 0.3) is 0 Å². The van der Waals surface area contributed by atoms with E-state index in [2.05, 4.69) is 6.92 Å². The first kappa shape index (κ1) is 19.7. The molecule has 1 fully saturated rings. The smallest absolute Gasteiger partial charge is 0.215 e. The van der Waals surface area contributed by atoms with Crippen LogP contribution in [0, 0.1) is 5.92 Å². The minimum atomic E-state index is 0.176. The number of phenolic OH excluding ortho intramolecular Hbond substituents is 1. The maximum Gasteiger partial charge on any atom is 0.215 e. The summed E-state index contributed by atoms with van der Waals surface area (Å²) in [6, 6.07) is 7.20. The van der Waals surface area contributed by atoms with Gasteiger partial charge in [-0.15, -0.1) is 0 Å². The van der Waals surface area contributed by atoms with Gasteiger partial charge in [0.2, 0.25) is 6.41 Å². The Morgan fingerprint density at radius 1 is 1.15 bits per heavy atom. The summed E-state index contributed by atoms with van der Waals surface area (Å²) < 4.78 is 0. The molecule has 4 nitrogen and oxygen atoms in total. The maximum absolute atomic E-state index is 12.0. The van der Waals surface area contributed by atoms with Gasteiger partial charge in [-0.1, -0.05) is 49.8 Å². The number of carbonyl (C=O) groups excluding carboxylic acids is 1. The summed E-state index contributed by atoms with van der Waals surface area (Å²) in [5, 5.41) is 10.4. The van der Waals surface area contributed by atoms with Crippen LogP contribution in [0.4, 0.5) is 0 Å². The van der Waals surface area contributed by atoms with Crippen LogP contribution in [0.25, 0.3) is 0 Å². The van der Waals surface area contributed by atoms with Gasteiger partial charge in [0.15, 0.2) is 0 Å². The fraction of sp³-hybridized carbons (Fsp3) is 0.565. The number of benzene rings is 1. The summed E-state index contributed by atoms with van der Waals surface area (Å²) in [7, 11) is 0. The summed E-state index contributed by atoms with van der Waals surface area (Å²) in [6.45, 7) is 2.79.